The van der Waals surface area contributed by atoms with Crippen LogP contribution in [0.25, 0.3) is 0 Å². The molecule has 0 unspecified atom stereocenters. The molecule has 150 valence electrons. The van der Waals surface area contributed by atoms with Crippen LogP contribution in [0.3, 0.4) is 0 Å². The second-order valence-electron chi connectivity index (χ2n) is 7.24. The van der Waals surface area contributed by atoms with Gasteiger partial charge >= 0.3 is 0 Å². The van der Waals surface area contributed by atoms with Crippen LogP contribution in [0.5, 0.6) is 5.75 Å². The van der Waals surface area contributed by atoms with Crippen molar-refractivity contribution >= 4 is 5.91 Å². The summed E-state index contributed by atoms with van der Waals surface area (Å²) in [7, 11) is 0. The number of likely N-dealkylation sites (tertiary alicyclic amines) is 1. The van der Waals surface area contributed by atoms with Crippen LogP contribution in [0.15, 0.2) is 48.8 Å². The van der Waals surface area contributed by atoms with Crippen molar-refractivity contribution < 1.29 is 9.53 Å². The Labute approximate surface area is 170 Å². The predicted molar refractivity (Wildman–Crippen MR) is 109 cm³/mol. The van der Waals surface area contributed by atoms with Crippen molar-refractivity contribution in [2.75, 3.05) is 13.1 Å². The summed E-state index contributed by atoms with van der Waals surface area (Å²) in [6.07, 6.45) is 6.12. The SMILES string of the molecule is CCc1nc(C2CCN(C(=O)c3cccc(OCc4cccnc4)c3)CC2)n[nH]1. The van der Waals surface area contributed by atoms with Gasteiger partial charge in [-0.15, -0.1) is 0 Å². The Morgan fingerprint density at radius 3 is 2.83 bits per heavy atom. The number of benzene rings is 1. The third-order valence-corrected chi connectivity index (χ3v) is 5.24. The average molecular weight is 391 g/mol. The molecular weight excluding hydrogens is 366 g/mol. The maximum Gasteiger partial charge on any atom is 0.253 e. The number of nitrogens with one attached hydrogen (secondary N) is 1. The maximum atomic E-state index is 12.9. The number of H-pyrrole nitrogens is 1. The van der Waals surface area contributed by atoms with Crippen LogP contribution < -0.4 is 4.74 Å². The smallest absolute Gasteiger partial charge is 0.253 e. The molecule has 4 rings (SSSR count). The van der Waals surface area contributed by atoms with Crippen molar-refractivity contribution in [1.29, 1.82) is 0 Å². The number of aromatic nitrogens is 4. The number of amides is 1. The third-order valence-electron chi connectivity index (χ3n) is 5.24. The summed E-state index contributed by atoms with van der Waals surface area (Å²) in [6, 6.07) is 11.2. The normalized spacial score (nSPS) is 14.7. The Hall–Kier alpha value is -3.22. The van der Waals surface area contributed by atoms with Crippen molar-refractivity contribution in [2.45, 2.75) is 38.7 Å². The van der Waals surface area contributed by atoms with Gasteiger partial charge in [-0.1, -0.05) is 19.1 Å². The van der Waals surface area contributed by atoms with Crippen molar-refractivity contribution in [3.05, 3.63) is 71.6 Å². The minimum absolute atomic E-state index is 0.0412. The highest BCUT2D eigenvalue weighted by atomic mass is 16.5. The summed E-state index contributed by atoms with van der Waals surface area (Å²) in [4.78, 5) is 23.5. The molecule has 3 aromatic rings. The first kappa shape index (κ1) is 19.1. The van der Waals surface area contributed by atoms with E-state index >= 15 is 0 Å². The highest BCUT2D eigenvalue weighted by Gasteiger charge is 2.27. The number of carbonyl (C=O) groups excluding carboxylic acids is 1. The van der Waals surface area contributed by atoms with Gasteiger partial charge in [-0.3, -0.25) is 14.9 Å². The summed E-state index contributed by atoms with van der Waals surface area (Å²) in [5, 5.41) is 7.32. The first-order chi connectivity index (χ1) is 14.2. The highest BCUT2D eigenvalue weighted by Crippen LogP contribution is 2.27. The largest absolute Gasteiger partial charge is 0.489 e. The number of ether oxygens (including phenoxy) is 1. The molecule has 1 aromatic carbocycles. The number of rotatable bonds is 6. The van der Waals surface area contributed by atoms with E-state index in [-0.39, 0.29) is 5.91 Å². The van der Waals surface area contributed by atoms with Gasteiger partial charge in [-0.2, -0.15) is 5.10 Å². The monoisotopic (exact) mass is 391 g/mol. The predicted octanol–water partition coefficient (Wildman–Crippen LogP) is 3.36. The Kier molecular flexibility index (Phi) is 5.84. The first-order valence-electron chi connectivity index (χ1n) is 10.0. The Balaban J connectivity index is 1.35. The van der Waals surface area contributed by atoms with Gasteiger partial charge in [0.2, 0.25) is 0 Å². The van der Waals surface area contributed by atoms with Gasteiger partial charge in [-0.05, 0) is 37.1 Å². The summed E-state index contributed by atoms with van der Waals surface area (Å²) >= 11 is 0. The maximum absolute atomic E-state index is 12.9. The number of pyridine rings is 1. The molecule has 1 saturated heterocycles. The first-order valence-corrected chi connectivity index (χ1v) is 10.0. The van der Waals surface area contributed by atoms with Crippen LogP contribution in [-0.4, -0.2) is 44.1 Å². The lowest BCUT2D eigenvalue weighted by atomic mass is 9.95. The van der Waals surface area contributed by atoms with Crippen LogP contribution in [0, 0.1) is 0 Å². The zero-order valence-electron chi connectivity index (χ0n) is 16.5. The molecule has 0 atom stereocenters. The van der Waals surface area contributed by atoms with Crippen LogP contribution in [-0.2, 0) is 13.0 Å². The lowest BCUT2D eigenvalue weighted by Crippen LogP contribution is -2.38. The van der Waals surface area contributed by atoms with Crippen molar-refractivity contribution in [2.24, 2.45) is 0 Å². The molecule has 29 heavy (non-hydrogen) atoms. The summed E-state index contributed by atoms with van der Waals surface area (Å²) in [6.45, 7) is 3.90. The molecule has 0 spiro atoms. The number of hydrogen-bond donors (Lipinski definition) is 1. The molecule has 1 aliphatic rings. The van der Waals surface area contributed by atoms with Crippen LogP contribution in [0.2, 0.25) is 0 Å². The number of aromatic amines is 1. The molecule has 3 heterocycles. The van der Waals surface area contributed by atoms with Crippen LogP contribution >= 0.6 is 0 Å². The Morgan fingerprint density at radius 1 is 1.24 bits per heavy atom. The standard InChI is InChI=1S/C22H25N5O2/c1-2-20-24-21(26-25-20)17-8-11-27(12-9-17)22(28)18-6-3-7-19(13-18)29-15-16-5-4-10-23-14-16/h3-7,10,13-14,17H,2,8-9,11-12,15H2,1H3,(H,24,25,26). The van der Waals surface area contributed by atoms with E-state index in [4.69, 9.17) is 4.74 Å². The fraction of sp³-hybridized carbons (Fsp3) is 0.364. The lowest BCUT2D eigenvalue weighted by Gasteiger charge is -2.31. The van der Waals surface area contributed by atoms with Crippen molar-refractivity contribution in [3.63, 3.8) is 0 Å². The van der Waals surface area contributed by atoms with Crippen molar-refractivity contribution in [3.8, 4) is 5.75 Å². The molecule has 0 bridgehead atoms. The van der Waals surface area contributed by atoms with Gasteiger partial charge < -0.3 is 9.64 Å². The molecular formula is C22H25N5O2. The van der Waals surface area contributed by atoms with Gasteiger partial charge in [0.15, 0.2) is 5.82 Å². The molecule has 1 N–H and O–H groups in total. The quantitative estimate of drug-likeness (QED) is 0.697. The van der Waals surface area contributed by atoms with E-state index in [1.165, 1.54) is 0 Å². The minimum Gasteiger partial charge on any atom is -0.489 e. The number of carbonyl (C=O) groups is 1. The van der Waals surface area contributed by atoms with Crippen LogP contribution in [0.1, 0.15) is 53.3 Å². The van der Waals surface area contributed by atoms with E-state index < -0.39 is 0 Å². The summed E-state index contributed by atoms with van der Waals surface area (Å²) in [5.41, 5.74) is 1.64. The molecule has 7 heteroatoms. The molecule has 0 aliphatic carbocycles. The van der Waals surface area contributed by atoms with E-state index in [1.807, 2.05) is 41.3 Å². The van der Waals surface area contributed by atoms with Crippen LogP contribution in [0.4, 0.5) is 0 Å². The number of piperidine rings is 1. The van der Waals surface area contributed by atoms with E-state index in [0.717, 1.165) is 36.5 Å². The average Bonchev–Trinajstić information content (AvgIpc) is 3.28. The zero-order valence-corrected chi connectivity index (χ0v) is 16.5. The molecule has 1 aliphatic heterocycles. The number of hydrogen-bond acceptors (Lipinski definition) is 5. The molecule has 1 fully saturated rings. The van der Waals surface area contributed by atoms with E-state index in [1.54, 1.807) is 12.4 Å². The van der Waals surface area contributed by atoms with E-state index in [2.05, 4.69) is 27.1 Å². The molecule has 7 nitrogen and oxygen atoms in total. The molecule has 0 saturated carbocycles. The minimum atomic E-state index is 0.0412. The lowest BCUT2D eigenvalue weighted by molar-refractivity contribution is 0.0710. The molecule has 1 amide bonds. The summed E-state index contributed by atoms with van der Waals surface area (Å²) < 4.78 is 5.83. The second kappa shape index (κ2) is 8.86. The van der Waals surface area contributed by atoms with Crippen molar-refractivity contribution in [1.82, 2.24) is 25.1 Å². The Bertz CT molecular complexity index is 949. The Morgan fingerprint density at radius 2 is 2.10 bits per heavy atom. The van der Waals surface area contributed by atoms with E-state index in [9.17, 15) is 4.79 Å². The number of nitrogens with zero attached hydrogens (tertiary/aromatic N) is 4. The topological polar surface area (TPSA) is 84.0 Å². The molecule has 2 aromatic heterocycles. The zero-order chi connectivity index (χ0) is 20.1. The fourth-order valence-electron chi connectivity index (χ4n) is 3.54. The fourth-order valence-corrected chi connectivity index (χ4v) is 3.54. The number of aryl methyl sites for hydroxylation is 1. The van der Waals surface area contributed by atoms with Gasteiger partial charge in [0.1, 0.15) is 18.2 Å². The van der Waals surface area contributed by atoms with Gasteiger partial charge in [0.25, 0.3) is 5.91 Å². The van der Waals surface area contributed by atoms with E-state index in [0.29, 0.717) is 36.9 Å². The highest BCUT2D eigenvalue weighted by molar-refractivity contribution is 5.94. The molecule has 0 radical (unpaired) electrons. The second-order valence-corrected chi connectivity index (χ2v) is 7.24. The third kappa shape index (κ3) is 4.62. The van der Waals surface area contributed by atoms with Gasteiger partial charge in [-0.25, -0.2) is 4.98 Å². The summed E-state index contributed by atoms with van der Waals surface area (Å²) in [5.74, 6) is 2.83. The van der Waals surface area contributed by atoms with Gasteiger partial charge in [0, 0.05) is 48.9 Å². The van der Waals surface area contributed by atoms with Gasteiger partial charge in [0.05, 0.1) is 0 Å².